The van der Waals surface area contributed by atoms with Crippen molar-refractivity contribution in [2.45, 2.75) is 33.0 Å². The Morgan fingerprint density at radius 1 is 1.39 bits per heavy atom. The zero-order valence-corrected chi connectivity index (χ0v) is 11.2. The molecule has 1 aromatic rings. The first-order chi connectivity index (χ1) is 8.71. The summed E-state index contributed by atoms with van der Waals surface area (Å²) in [6.07, 6.45) is 1.20. The molecular formula is C15H20O3. The van der Waals surface area contributed by atoms with Crippen molar-refractivity contribution in [3.8, 4) is 17.6 Å². The highest BCUT2D eigenvalue weighted by Gasteiger charge is 2.06. The van der Waals surface area contributed by atoms with E-state index in [1.54, 1.807) is 7.11 Å². The molecule has 98 valence electrons. The number of hydrogen-bond donors (Lipinski definition) is 1. The Morgan fingerprint density at radius 3 is 2.78 bits per heavy atom. The molecule has 1 N–H and O–H groups in total. The van der Waals surface area contributed by atoms with Gasteiger partial charge >= 0.3 is 0 Å². The first kappa shape index (κ1) is 14.6. The average Bonchev–Trinajstić information content (AvgIpc) is 2.42. The van der Waals surface area contributed by atoms with E-state index < -0.39 is 0 Å². The Kier molecular flexibility index (Phi) is 6.27. The Hall–Kier alpha value is -1.50. The molecule has 0 amide bonds. The maximum Gasteiger partial charge on any atom is 0.124 e. The van der Waals surface area contributed by atoms with Gasteiger partial charge in [0, 0.05) is 11.1 Å². The predicted octanol–water partition coefficient (Wildman–Crippen LogP) is 2.35. The summed E-state index contributed by atoms with van der Waals surface area (Å²) in [6, 6.07) is 5.68. The van der Waals surface area contributed by atoms with Gasteiger partial charge in [0.25, 0.3) is 0 Å². The third-order valence-electron chi connectivity index (χ3n) is 2.69. The fraction of sp³-hybridized carbons (Fsp3) is 0.467. The minimum absolute atomic E-state index is 0.134. The topological polar surface area (TPSA) is 38.7 Å². The van der Waals surface area contributed by atoms with E-state index in [0.29, 0.717) is 6.61 Å². The van der Waals surface area contributed by atoms with Crippen LogP contribution >= 0.6 is 0 Å². The Balaban J connectivity index is 2.84. The summed E-state index contributed by atoms with van der Waals surface area (Å²) in [5.41, 5.74) is 1.83. The number of benzene rings is 1. The molecule has 0 radical (unpaired) electrons. The molecule has 0 saturated heterocycles. The van der Waals surface area contributed by atoms with E-state index in [0.717, 1.165) is 23.3 Å². The smallest absolute Gasteiger partial charge is 0.124 e. The van der Waals surface area contributed by atoms with Gasteiger partial charge < -0.3 is 14.6 Å². The molecule has 0 heterocycles. The third kappa shape index (κ3) is 4.40. The molecule has 0 aliphatic rings. The van der Waals surface area contributed by atoms with Crippen LogP contribution in [0.4, 0.5) is 0 Å². The quantitative estimate of drug-likeness (QED) is 0.813. The summed E-state index contributed by atoms with van der Waals surface area (Å²) in [5.74, 6) is 6.30. The zero-order chi connectivity index (χ0) is 13.4. The number of methoxy groups -OCH3 is 1. The van der Waals surface area contributed by atoms with Gasteiger partial charge in [-0.2, -0.15) is 0 Å². The fourth-order valence-corrected chi connectivity index (χ4v) is 1.46. The van der Waals surface area contributed by atoms with E-state index in [2.05, 4.69) is 18.8 Å². The number of aliphatic hydroxyl groups excluding tert-OH is 1. The van der Waals surface area contributed by atoms with Crippen molar-refractivity contribution in [2.24, 2.45) is 0 Å². The highest BCUT2D eigenvalue weighted by molar-refractivity contribution is 5.44. The molecule has 3 heteroatoms. The van der Waals surface area contributed by atoms with Crippen molar-refractivity contribution in [3.05, 3.63) is 29.3 Å². The molecule has 1 atom stereocenters. The monoisotopic (exact) mass is 248 g/mol. The van der Waals surface area contributed by atoms with Crippen LogP contribution in [-0.4, -0.2) is 24.9 Å². The van der Waals surface area contributed by atoms with Gasteiger partial charge in [0.15, 0.2) is 0 Å². The second-order valence-electron chi connectivity index (χ2n) is 4.02. The van der Waals surface area contributed by atoms with Gasteiger partial charge in [-0.05, 0) is 31.5 Å². The Bertz CT molecular complexity index is 429. The van der Waals surface area contributed by atoms with Crippen molar-refractivity contribution in [1.29, 1.82) is 0 Å². The van der Waals surface area contributed by atoms with Crippen molar-refractivity contribution in [3.63, 3.8) is 0 Å². The maximum atomic E-state index is 8.68. The van der Waals surface area contributed by atoms with E-state index in [1.165, 1.54) is 0 Å². The lowest BCUT2D eigenvalue weighted by atomic mass is 10.1. The highest BCUT2D eigenvalue weighted by Crippen LogP contribution is 2.21. The molecule has 0 aromatic heterocycles. The van der Waals surface area contributed by atoms with Crippen molar-refractivity contribution < 1.29 is 14.6 Å². The third-order valence-corrected chi connectivity index (χ3v) is 2.69. The normalized spacial score (nSPS) is 11.6. The van der Waals surface area contributed by atoms with Crippen LogP contribution in [0.5, 0.6) is 5.75 Å². The molecule has 0 aliphatic carbocycles. The molecule has 0 saturated carbocycles. The van der Waals surface area contributed by atoms with E-state index in [-0.39, 0.29) is 12.7 Å². The number of hydrogen-bond acceptors (Lipinski definition) is 3. The van der Waals surface area contributed by atoms with Crippen LogP contribution in [0.15, 0.2) is 18.2 Å². The van der Waals surface area contributed by atoms with Crippen LogP contribution in [0.3, 0.4) is 0 Å². The molecule has 1 unspecified atom stereocenters. The van der Waals surface area contributed by atoms with E-state index in [4.69, 9.17) is 14.6 Å². The van der Waals surface area contributed by atoms with Gasteiger partial charge in [-0.3, -0.25) is 0 Å². The highest BCUT2D eigenvalue weighted by atomic mass is 16.5. The second-order valence-corrected chi connectivity index (χ2v) is 4.02. The summed E-state index contributed by atoms with van der Waals surface area (Å²) in [5, 5.41) is 8.68. The molecular weight excluding hydrogens is 228 g/mol. The van der Waals surface area contributed by atoms with Gasteiger partial charge in [-0.25, -0.2) is 0 Å². The van der Waals surface area contributed by atoms with Gasteiger partial charge in [-0.1, -0.05) is 18.8 Å². The first-order valence-electron chi connectivity index (χ1n) is 6.09. The van der Waals surface area contributed by atoms with Gasteiger partial charge in [0.2, 0.25) is 0 Å². The van der Waals surface area contributed by atoms with Crippen LogP contribution in [-0.2, 0) is 11.3 Å². The fourth-order valence-electron chi connectivity index (χ4n) is 1.46. The summed E-state index contributed by atoms with van der Waals surface area (Å²) >= 11 is 0. The molecule has 18 heavy (non-hydrogen) atoms. The van der Waals surface area contributed by atoms with Gasteiger partial charge in [-0.15, -0.1) is 0 Å². The van der Waals surface area contributed by atoms with Gasteiger partial charge in [0.05, 0.1) is 19.8 Å². The minimum atomic E-state index is -0.134. The largest absolute Gasteiger partial charge is 0.496 e. The molecule has 0 aliphatic heterocycles. The maximum absolute atomic E-state index is 8.68. The van der Waals surface area contributed by atoms with Crippen LogP contribution < -0.4 is 4.74 Å². The summed E-state index contributed by atoms with van der Waals surface area (Å²) in [7, 11) is 1.64. The first-order valence-corrected chi connectivity index (χ1v) is 6.09. The van der Waals surface area contributed by atoms with E-state index in [9.17, 15) is 0 Å². The zero-order valence-electron chi connectivity index (χ0n) is 11.2. The van der Waals surface area contributed by atoms with E-state index >= 15 is 0 Å². The van der Waals surface area contributed by atoms with Crippen LogP contribution in [0, 0.1) is 11.8 Å². The molecule has 0 fully saturated rings. The van der Waals surface area contributed by atoms with Crippen LogP contribution in [0.1, 0.15) is 31.4 Å². The summed E-state index contributed by atoms with van der Waals surface area (Å²) in [6.45, 7) is 4.50. The molecule has 3 nitrogen and oxygen atoms in total. The Labute approximate surface area is 109 Å². The van der Waals surface area contributed by atoms with Crippen molar-refractivity contribution >= 4 is 0 Å². The van der Waals surface area contributed by atoms with Crippen LogP contribution in [0.25, 0.3) is 0 Å². The van der Waals surface area contributed by atoms with Gasteiger partial charge in [0.1, 0.15) is 12.4 Å². The lowest BCUT2D eigenvalue weighted by Crippen LogP contribution is -2.07. The van der Waals surface area contributed by atoms with E-state index in [1.807, 2.05) is 25.1 Å². The predicted molar refractivity (Wildman–Crippen MR) is 71.5 cm³/mol. The molecule has 1 rings (SSSR count). The van der Waals surface area contributed by atoms with Crippen LogP contribution in [0.2, 0.25) is 0 Å². The summed E-state index contributed by atoms with van der Waals surface area (Å²) in [4.78, 5) is 0. The Morgan fingerprint density at radius 2 is 2.17 bits per heavy atom. The average molecular weight is 248 g/mol. The summed E-state index contributed by atoms with van der Waals surface area (Å²) < 4.78 is 11.0. The number of aliphatic hydroxyl groups is 1. The van der Waals surface area contributed by atoms with Crippen molar-refractivity contribution in [1.82, 2.24) is 0 Å². The molecule has 0 bridgehead atoms. The number of rotatable bonds is 5. The molecule has 0 spiro atoms. The second kappa shape index (κ2) is 7.75. The lowest BCUT2D eigenvalue weighted by Gasteiger charge is -2.13. The minimum Gasteiger partial charge on any atom is -0.496 e. The number of ether oxygens (including phenoxy) is 2. The standard InChI is InChI=1S/C15H20O3/c1-4-12(2)18-11-14-10-13(6-5-9-16)7-8-15(14)17-3/h7-8,10,12,16H,4,9,11H2,1-3H3. The van der Waals surface area contributed by atoms with Crippen molar-refractivity contribution in [2.75, 3.05) is 13.7 Å². The molecule has 1 aromatic carbocycles. The SMILES string of the molecule is CCC(C)OCc1cc(C#CCO)ccc1OC. The lowest BCUT2D eigenvalue weighted by molar-refractivity contribution is 0.0497.